The number of hydrogen-bond donors (Lipinski definition) is 1. The van der Waals surface area contributed by atoms with Crippen LogP contribution in [0.25, 0.3) is 0 Å². The van der Waals surface area contributed by atoms with Crippen molar-refractivity contribution in [1.29, 1.82) is 0 Å². The maximum absolute atomic E-state index is 14.2. The van der Waals surface area contributed by atoms with Gasteiger partial charge in [-0.05, 0) is 34.8 Å². The second-order valence-corrected chi connectivity index (χ2v) is 7.93. The number of anilines is 1. The molecule has 0 bridgehead atoms. The van der Waals surface area contributed by atoms with E-state index < -0.39 is 20.7 Å². The Morgan fingerprint density at radius 2 is 2.05 bits per heavy atom. The molecule has 0 unspecified atom stereocenters. The van der Waals surface area contributed by atoms with E-state index in [2.05, 4.69) is 15.9 Å². The Kier molecular flexibility index (Phi) is 5.15. The zero-order chi connectivity index (χ0) is 15.8. The van der Waals surface area contributed by atoms with E-state index >= 15 is 0 Å². The van der Waals surface area contributed by atoms with Crippen LogP contribution in [0.4, 0.5) is 10.1 Å². The van der Waals surface area contributed by atoms with E-state index in [1.165, 1.54) is 7.05 Å². The average molecular weight is 402 g/mol. The van der Waals surface area contributed by atoms with Crippen LogP contribution < -0.4 is 5.73 Å². The number of ether oxygens (including phenoxy) is 1. The second kappa shape index (κ2) is 6.37. The van der Waals surface area contributed by atoms with E-state index in [-0.39, 0.29) is 21.2 Å². The number of sulfonamides is 1. The Morgan fingerprint density at radius 3 is 2.62 bits per heavy atom. The van der Waals surface area contributed by atoms with E-state index in [4.69, 9.17) is 22.1 Å². The molecule has 5 nitrogen and oxygen atoms in total. The minimum absolute atomic E-state index is 0.0489. The highest BCUT2D eigenvalue weighted by Crippen LogP contribution is 2.36. The van der Waals surface area contributed by atoms with Crippen molar-refractivity contribution in [3.63, 3.8) is 0 Å². The first kappa shape index (κ1) is 17.0. The molecule has 2 rings (SSSR count). The van der Waals surface area contributed by atoms with Crippen molar-refractivity contribution in [1.82, 2.24) is 4.31 Å². The van der Waals surface area contributed by atoms with Crippen LogP contribution in [0.15, 0.2) is 15.4 Å². The molecule has 1 saturated heterocycles. The zero-order valence-electron chi connectivity index (χ0n) is 11.3. The number of nitrogens with zero attached hydrogens (tertiary/aromatic N) is 1. The number of nitrogens with two attached hydrogens (primary N) is 1. The van der Waals surface area contributed by atoms with Gasteiger partial charge in [0.05, 0.1) is 15.2 Å². The maximum Gasteiger partial charge on any atom is 0.246 e. The summed E-state index contributed by atoms with van der Waals surface area (Å²) in [7, 11) is -2.59. The third-order valence-corrected chi connectivity index (χ3v) is 6.81. The highest BCUT2D eigenvalue weighted by Gasteiger charge is 2.33. The molecule has 0 aliphatic carbocycles. The predicted octanol–water partition coefficient (Wildman–Crippen LogP) is 2.62. The summed E-state index contributed by atoms with van der Waals surface area (Å²) >= 11 is 8.91. The predicted molar refractivity (Wildman–Crippen MR) is 82.3 cm³/mol. The molecule has 0 saturated carbocycles. The lowest BCUT2D eigenvalue weighted by Gasteiger charge is -2.30. The number of hydrogen-bond acceptors (Lipinski definition) is 4. The molecule has 2 N–H and O–H groups in total. The van der Waals surface area contributed by atoms with Crippen molar-refractivity contribution in [2.75, 3.05) is 26.0 Å². The third kappa shape index (κ3) is 3.19. The highest BCUT2D eigenvalue weighted by molar-refractivity contribution is 9.10. The molecule has 0 amide bonds. The number of rotatable bonds is 3. The van der Waals surface area contributed by atoms with E-state index in [1.807, 2.05) is 0 Å². The SMILES string of the molecule is CN(C1CCOCC1)S(=O)(=O)c1cc(Cl)c(Br)c(N)c1F. The summed E-state index contributed by atoms with van der Waals surface area (Å²) in [4.78, 5) is -0.512. The summed E-state index contributed by atoms with van der Waals surface area (Å²) in [5, 5.41) is 0.0489. The van der Waals surface area contributed by atoms with Crippen molar-refractivity contribution in [3.05, 3.63) is 21.4 Å². The largest absolute Gasteiger partial charge is 0.395 e. The van der Waals surface area contributed by atoms with Crippen LogP contribution in [0, 0.1) is 5.82 Å². The van der Waals surface area contributed by atoms with Crippen molar-refractivity contribution in [3.8, 4) is 0 Å². The van der Waals surface area contributed by atoms with Crippen molar-refractivity contribution in [2.24, 2.45) is 0 Å². The molecule has 118 valence electrons. The summed E-state index contributed by atoms with van der Waals surface area (Å²) in [6.07, 6.45) is 1.13. The smallest absolute Gasteiger partial charge is 0.246 e. The molecule has 1 fully saturated rings. The van der Waals surface area contributed by atoms with E-state index in [9.17, 15) is 12.8 Å². The van der Waals surface area contributed by atoms with Crippen LogP contribution >= 0.6 is 27.5 Å². The van der Waals surface area contributed by atoms with Gasteiger partial charge in [-0.25, -0.2) is 12.8 Å². The maximum atomic E-state index is 14.2. The van der Waals surface area contributed by atoms with Gasteiger partial charge in [-0.3, -0.25) is 0 Å². The van der Waals surface area contributed by atoms with Gasteiger partial charge in [-0.1, -0.05) is 11.6 Å². The molecule has 21 heavy (non-hydrogen) atoms. The number of benzene rings is 1. The van der Waals surface area contributed by atoms with Crippen LogP contribution in [0.5, 0.6) is 0 Å². The van der Waals surface area contributed by atoms with Crippen LogP contribution in [0.1, 0.15) is 12.8 Å². The van der Waals surface area contributed by atoms with Crippen molar-refractivity contribution >= 4 is 43.2 Å². The summed E-state index contributed by atoms with van der Waals surface area (Å²) in [5.41, 5.74) is 5.23. The zero-order valence-corrected chi connectivity index (χ0v) is 14.4. The molecule has 0 atom stereocenters. The van der Waals surface area contributed by atoms with Gasteiger partial charge in [0.25, 0.3) is 0 Å². The molecule has 1 aliphatic heterocycles. The molecule has 1 aliphatic rings. The molecule has 1 aromatic carbocycles. The topological polar surface area (TPSA) is 72.6 Å². The van der Waals surface area contributed by atoms with Gasteiger partial charge in [-0.2, -0.15) is 4.31 Å². The minimum atomic E-state index is -4.01. The number of nitrogen functional groups attached to an aromatic ring is 1. The Morgan fingerprint density at radius 1 is 1.48 bits per heavy atom. The van der Waals surface area contributed by atoms with Crippen LogP contribution in [0.3, 0.4) is 0 Å². The number of halogens is 3. The molecule has 0 spiro atoms. The Bertz CT molecular complexity index is 650. The van der Waals surface area contributed by atoms with Gasteiger partial charge >= 0.3 is 0 Å². The Hall–Kier alpha value is -0.410. The standard InChI is InChI=1S/C12H15BrClFN2O3S/c1-17(7-2-4-20-5-3-7)21(18,19)9-6-8(14)10(13)12(16)11(9)15/h6-7H,2-5,16H2,1H3. The first-order chi connectivity index (χ1) is 9.76. The van der Waals surface area contributed by atoms with Crippen LogP contribution in [-0.2, 0) is 14.8 Å². The van der Waals surface area contributed by atoms with Gasteiger partial charge < -0.3 is 10.5 Å². The average Bonchev–Trinajstić information content (AvgIpc) is 2.48. The first-order valence-electron chi connectivity index (χ1n) is 6.25. The molecule has 0 radical (unpaired) electrons. The fourth-order valence-electron chi connectivity index (χ4n) is 2.19. The van der Waals surface area contributed by atoms with Gasteiger partial charge in [0.15, 0.2) is 5.82 Å². The summed E-state index contributed by atoms with van der Waals surface area (Å²) < 4.78 is 45.9. The lowest BCUT2D eigenvalue weighted by molar-refractivity contribution is 0.0631. The highest BCUT2D eigenvalue weighted by atomic mass is 79.9. The first-order valence-corrected chi connectivity index (χ1v) is 8.86. The van der Waals surface area contributed by atoms with Gasteiger partial charge in [-0.15, -0.1) is 0 Å². The molecule has 1 heterocycles. The molecule has 1 aromatic rings. The van der Waals surface area contributed by atoms with Gasteiger partial charge in [0.1, 0.15) is 4.90 Å². The van der Waals surface area contributed by atoms with Crippen molar-refractivity contribution in [2.45, 2.75) is 23.8 Å². The second-order valence-electron chi connectivity index (χ2n) is 4.76. The fraction of sp³-hybridized carbons (Fsp3) is 0.500. The Balaban J connectivity index is 2.44. The quantitative estimate of drug-likeness (QED) is 0.624. The summed E-state index contributed by atoms with van der Waals surface area (Å²) in [6, 6.07) is 0.842. The third-order valence-electron chi connectivity index (χ3n) is 3.52. The van der Waals surface area contributed by atoms with Crippen molar-refractivity contribution < 1.29 is 17.5 Å². The monoisotopic (exact) mass is 400 g/mol. The normalized spacial score (nSPS) is 17.4. The molecular weight excluding hydrogens is 387 g/mol. The fourth-order valence-corrected chi connectivity index (χ4v) is 4.27. The molecule has 9 heteroatoms. The van der Waals surface area contributed by atoms with Gasteiger partial charge in [0, 0.05) is 26.3 Å². The lowest BCUT2D eigenvalue weighted by Crippen LogP contribution is -2.40. The lowest BCUT2D eigenvalue weighted by atomic mass is 10.1. The summed E-state index contributed by atoms with van der Waals surface area (Å²) in [5.74, 6) is -0.995. The molecule has 0 aromatic heterocycles. The minimum Gasteiger partial charge on any atom is -0.395 e. The van der Waals surface area contributed by atoms with E-state index in [0.717, 1.165) is 10.4 Å². The van der Waals surface area contributed by atoms with E-state index in [1.54, 1.807) is 0 Å². The van der Waals surface area contributed by atoms with Crippen LogP contribution in [0.2, 0.25) is 5.02 Å². The Labute approximate surface area is 136 Å². The molecular formula is C12H15BrClFN2O3S. The summed E-state index contributed by atoms with van der Waals surface area (Å²) in [6.45, 7) is 0.965. The van der Waals surface area contributed by atoms with E-state index in [0.29, 0.717) is 26.1 Å². The van der Waals surface area contributed by atoms with Gasteiger partial charge in [0.2, 0.25) is 10.0 Å². The van der Waals surface area contributed by atoms with Crippen LogP contribution in [-0.4, -0.2) is 39.0 Å².